The predicted molar refractivity (Wildman–Crippen MR) is 88.8 cm³/mol. The second-order valence-electron chi connectivity index (χ2n) is 7.59. The van der Waals surface area contributed by atoms with Gasteiger partial charge in [-0.15, -0.1) is 0 Å². The van der Waals surface area contributed by atoms with Gasteiger partial charge in [0, 0.05) is 0 Å². The molecule has 0 radical (unpaired) electrons. The standard InChI is InChI=1S/C17H28.C2H6/c1-13-8-10-14(11-9-13)15(17(5,6)7)12-16(2,3)4;1-2/h8-11,15H,12H2,1-7H3;1-2H3. The molecule has 0 N–H and O–H groups in total. The Balaban J connectivity index is 0.00000154. The van der Waals surface area contributed by atoms with Crippen LogP contribution in [-0.4, -0.2) is 0 Å². The fourth-order valence-corrected chi connectivity index (χ4v) is 2.34. The van der Waals surface area contributed by atoms with Gasteiger partial charge in [0.1, 0.15) is 0 Å². The summed E-state index contributed by atoms with van der Waals surface area (Å²) in [5.74, 6) is 0.628. The van der Waals surface area contributed by atoms with Crippen LogP contribution in [0.4, 0.5) is 0 Å². The summed E-state index contributed by atoms with van der Waals surface area (Å²) >= 11 is 0. The molecular formula is C19H34. The lowest BCUT2D eigenvalue weighted by atomic mass is 9.69. The van der Waals surface area contributed by atoms with E-state index < -0.39 is 0 Å². The van der Waals surface area contributed by atoms with Crippen molar-refractivity contribution in [2.45, 2.75) is 74.7 Å². The molecule has 0 aliphatic carbocycles. The van der Waals surface area contributed by atoms with Crippen molar-refractivity contribution in [2.75, 3.05) is 0 Å². The van der Waals surface area contributed by atoms with Crippen LogP contribution in [0.25, 0.3) is 0 Å². The van der Waals surface area contributed by atoms with E-state index >= 15 is 0 Å². The summed E-state index contributed by atoms with van der Waals surface area (Å²) in [5.41, 5.74) is 3.53. The monoisotopic (exact) mass is 262 g/mol. The SMILES string of the molecule is CC.Cc1ccc(C(CC(C)(C)C)C(C)(C)C)cc1. The lowest BCUT2D eigenvalue weighted by Gasteiger charge is -2.36. The Morgan fingerprint density at radius 1 is 0.842 bits per heavy atom. The molecule has 0 bridgehead atoms. The highest BCUT2D eigenvalue weighted by Gasteiger charge is 2.30. The van der Waals surface area contributed by atoms with Gasteiger partial charge in [-0.25, -0.2) is 0 Å². The van der Waals surface area contributed by atoms with E-state index in [0.717, 1.165) is 0 Å². The number of hydrogen-bond acceptors (Lipinski definition) is 0. The molecule has 0 aromatic heterocycles. The smallest absolute Gasteiger partial charge is 0.0108 e. The van der Waals surface area contributed by atoms with E-state index in [-0.39, 0.29) is 0 Å². The molecule has 1 aromatic carbocycles. The van der Waals surface area contributed by atoms with Gasteiger partial charge in [-0.1, -0.05) is 85.2 Å². The van der Waals surface area contributed by atoms with Gasteiger partial charge in [0.05, 0.1) is 0 Å². The van der Waals surface area contributed by atoms with Gasteiger partial charge >= 0.3 is 0 Å². The normalized spacial score (nSPS) is 13.5. The van der Waals surface area contributed by atoms with Crippen molar-refractivity contribution in [3.05, 3.63) is 35.4 Å². The van der Waals surface area contributed by atoms with Gasteiger partial charge in [0.25, 0.3) is 0 Å². The molecule has 0 nitrogen and oxygen atoms in total. The van der Waals surface area contributed by atoms with Crippen molar-refractivity contribution in [1.82, 2.24) is 0 Å². The number of benzene rings is 1. The highest BCUT2D eigenvalue weighted by Crippen LogP contribution is 2.42. The Hall–Kier alpha value is -0.780. The zero-order valence-corrected chi connectivity index (χ0v) is 14.6. The Bertz CT molecular complexity index is 343. The quantitative estimate of drug-likeness (QED) is 0.564. The minimum Gasteiger partial charge on any atom is -0.0683 e. The van der Waals surface area contributed by atoms with Gasteiger partial charge in [0.2, 0.25) is 0 Å². The number of hydrogen-bond donors (Lipinski definition) is 0. The Labute approximate surface area is 121 Å². The molecule has 1 atom stereocenters. The molecule has 0 heterocycles. The zero-order chi connectivity index (χ0) is 15.3. The minimum atomic E-state index is 0.322. The van der Waals surface area contributed by atoms with Crippen LogP contribution in [0.1, 0.15) is 78.9 Å². The number of aryl methyl sites for hydroxylation is 1. The van der Waals surface area contributed by atoms with Crippen molar-refractivity contribution >= 4 is 0 Å². The summed E-state index contributed by atoms with van der Waals surface area (Å²) in [6.45, 7) is 20.2. The maximum atomic E-state index is 2.35. The summed E-state index contributed by atoms with van der Waals surface area (Å²) in [5, 5.41) is 0. The van der Waals surface area contributed by atoms with Crippen LogP contribution in [0, 0.1) is 17.8 Å². The first-order chi connectivity index (χ1) is 8.59. The van der Waals surface area contributed by atoms with Crippen LogP contribution in [-0.2, 0) is 0 Å². The summed E-state index contributed by atoms with van der Waals surface area (Å²) in [7, 11) is 0. The van der Waals surface area contributed by atoms with Crippen molar-refractivity contribution in [3.63, 3.8) is 0 Å². The van der Waals surface area contributed by atoms with Crippen molar-refractivity contribution in [2.24, 2.45) is 10.8 Å². The zero-order valence-electron chi connectivity index (χ0n) is 14.6. The van der Waals surface area contributed by atoms with Gasteiger partial charge in [-0.05, 0) is 35.7 Å². The third kappa shape index (κ3) is 6.80. The van der Waals surface area contributed by atoms with E-state index in [4.69, 9.17) is 0 Å². The van der Waals surface area contributed by atoms with Crippen LogP contribution < -0.4 is 0 Å². The lowest BCUT2D eigenvalue weighted by Crippen LogP contribution is -2.23. The van der Waals surface area contributed by atoms with E-state index in [0.29, 0.717) is 16.7 Å². The summed E-state index contributed by atoms with van der Waals surface area (Å²) in [6, 6.07) is 9.07. The van der Waals surface area contributed by atoms with Gasteiger partial charge < -0.3 is 0 Å². The molecule has 0 aliphatic rings. The van der Waals surface area contributed by atoms with Gasteiger partial charge in [-0.2, -0.15) is 0 Å². The van der Waals surface area contributed by atoms with Crippen LogP contribution in [0.15, 0.2) is 24.3 Å². The first kappa shape index (κ1) is 18.2. The van der Waals surface area contributed by atoms with Crippen molar-refractivity contribution in [1.29, 1.82) is 0 Å². The lowest BCUT2D eigenvalue weighted by molar-refractivity contribution is 0.229. The summed E-state index contributed by atoms with van der Waals surface area (Å²) in [4.78, 5) is 0. The molecule has 1 rings (SSSR count). The van der Waals surface area contributed by atoms with Crippen molar-refractivity contribution < 1.29 is 0 Å². The molecule has 0 aliphatic heterocycles. The maximum Gasteiger partial charge on any atom is -0.0108 e. The average Bonchev–Trinajstić information content (AvgIpc) is 2.27. The Morgan fingerprint density at radius 2 is 1.26 bits per heavy atom. The molecule has 0 heteroatoms. The topological polar surface area (TPSA) is 0 Å². The molecule has 1 aromatic rings. The molecule has 0 amide bonds. The Morgan fingerprint density at radius 3 is 1.58 bits per heavy atom. The second kappa shape index (κ2) is 7.12. The molecule has 0 spiro atoms. The van der Waals surface area contributed by atoms with Gasteiger partial charge in [0.15, 0.2) is 0 Å². The van der Waals surface area contributed by atoms with E-state index in [1.54, 1.807) is 0 Å². The first-order valence-electron chi connectivity index (χ1n) is 7.66. The van der Waals surface area contributed by atoms with E-state index in [1.165, 1.54) is 17.5 Å². The fourth-order valence-electron chi connectivity index (χ4n) is 2.34. The third-order valence-electron chi connectivity index (χ3n) is 3.34. The van der Waals surface area contributed by atoms with Crippen LogP contribution >= 0.6 is 0 Å². The first-order valence-corrected chi connectivity index (χ1v) is 7.66. The molecule has 0 fully saturated rings. The molecule has 0 saturated heterocycles. The largest absolute Gasteiger partial charge is 0.0683 e. The van der Waals surface area contributed by atoms with Crippen LogP contribution in [0.2, 0.25) is 0 Å². The number of rotatable bonds is 2. The summed E-state index contributed by atoms with van der Waals surface area (Å²) < 4.78 is 0. The summed E-state index contributed by atoms with van der Waals surface area (Å²) in [6.07, 6.45) is 1.24. The maximum absolute atomic E-state index is 2.35. The van der Waals surface area contributed by atoms with Crippen molar-refractivity contribution in [3.8, 4) is 0 Å². The third-order valence-corrected chi connectivity index (χ3v) is 3.34. The average molecular weight is 262 g/mol. The highest BCUT2D eigenvalue weighted by molar-refractivity contribution is 5.26. The van der Waals surface area contributed by atoms with Crippen LogP contribution in [0.3, 0.4) is 0 Å². The predicted octanol–water partition coefficient (Wildman–Crippen LogP) is 6.59. The molecule has 19 heavy (non-hydrogen) atoms. The molecule has 0 saturated carbocycles. The van der Waals surface area contributed by atoms with Crippen LogP contribution in [0.5, 0.6) is 0 Å². The van der Waals surface area contributed by atoms with E-state index in [1.807, 2.05) is 13.8 Å². The van der Waals surface area contributed by atoms with E-state index in [9.17, 15) is 0 Å². The fraction of sp³-hybridized carbons (Fsp3) is 0.684. The molecule has 110 valence electrons. The minimum absolute atomic E-state index is 0.322. The second-order valence-corrected chi connectivity index (χ2v) is 7.59. The molecular weight excluding hydrogens is 228 g/mol. The van der Waals surface area contributed by atoms with E-state index in [2.05, 4.69) is 72.7 Å². The molecule has 1 unspecified atom stereocenters. The Kier molecular flexibility index (Phi) is 6.83. The highest BCUT2D eigenvalue weighted by atomic mass is 14.3. The van der Waals surface area contributed by atoms with Gasteiger partial charge in [-0.3, -0.25) is 0 Å².